The van der Waals surface area contributed by atoms with Gasteiger partial charge in [-0.3, -0.25) is 14.4 Å². The predicted molar refractivity (Wildman–Crippen MR) is 151 cm³/mol. The summed E-state index contributed by atoms with van der Waals surface area (Å²) < 4.78 is 5.24. The molecular weight excluding hydrogens is 500 g/mol. The first kappa shape index (κ1) is 27.7. The van der Waals surface area contributed by atoms with Crippen LogP contribution in [-0.4, -0.2) is 73.4 Å². The molecule has 0 atom stereocenters. The number of rotatable bonds is 8. The van der Waals surface area contributed by atoms with Crippen molar-refractivity contribution in [2.45, 2.75) is 52.0 Å². The smallest absolute Gasteiger partial charge is 0.264 e. The Labute approximate surface area is 229 Å². The Morgan fingerprint density at radius 3 is 2.34 bits per heavy atom. The van der Waals surface area contributed by atoms with Crippen LogP contribution in [0.25, 0.3) is 0 Å². The molecule has 38 heavy (non-hydrogen) atoms. The van der Waals surface area contributed by atoms with E-state index < -0.39 is 0 Å². The summed E-state index contributed by atoms with van der Waals surface area (Å²) >= 11 is 1.35. The minimum atomic E-state index is -0.298. The summed E-state index contributed by atoms with van der Waals surface area (Å²) in [6, 6.07) is 8.12. The van der Waals surface area contributed by atoms with Crippen LogP contribution in [-0.2, 0) is 4.79 Å². The number of hydrogen-bond acceptors (Lipinski definition) is 6. The number of thiophene rings is 1. The zero-order chi connectivity index (χ0) is 27.2. The number of benzene rings is 1. The lowest BCUT2D eigenvalue weighted by Crippen LogP contribution is -2.48. The van der Waals surface area contributed by atoms with Crippen LogP contribution in [0, 0.1) is 13.8 Å². The molecule has 2 fully saturated rings. The van der Waals surface area contributed by atoms with E-state index in [0.717, 1.165) is 55.1 Å². The van der Waals surface area contributed by atoms with Gasteiger partial charge in [0.05, 0.1) is 17.6 Å². The summed E-state index contributed by atoms with van der Waals surface area (Å²) in [5.74, 6) is 0.288. The Morgan fingerprint density at radius 2 is 1.74 bits per heavy atom. The monoisotopic (exact) mass is 538 g/mol. The topological polar surface area (TPSA) is 82.2 Å². The van der Waals surface area contributed by atoms with Gasteiger partial charge in [-0.2, -0.15) is 0 Å². The third-order valence-corrected chi connectivity index (χ3v) is 8.70. The highest BCUT2D eigenvalue weighted by atomic mass is 32.1. The number of hydrogen-bond donors (Lipinski definition) is 1. The molecule has 9 heteroatoms. The van der Waals surface area contributed by atoms with Crippen LogP contribution in [0.2, 0.25) is 0 Å². The fourth-order valence-corrected chi connectivity index (χ4v) is 6.44. The van der Waals surface area contributed by atoms with Crippen LogP contribution in [0.3, 0.4) is 0 Å². The lowest BCUT2D eigenvalue weighted by molar-refractivity contribution is -0.122. The van der Waals surface area contributed by atoms with E-state index in [1.165, 1.54) is 28.9 Å². The molecule has 1 saturated carbocycles. The van der Waals surface area contributed by atoms with Crippen LogP contribution in [0.5, 0.6) is 5.75 Å². The molecular formula is C29H38N4O4S. The van der Waals surface area contributed by atoms with Crippen LogP contribution in [0.15, 0.2) is 37.0 Å². The third-order valence-electron chi connectivity index (χ3n) is 7.50. The lowest BCUT2D eigenvalue weighted by Gasteiger charge is -2.36. The van der Waals surface area contributed by atoms with Crippen LogP contribution in [0.4, 0.5) is 5.69 Å². The molecule has 1 aromatic carbocycles. The summed E-state index contributed by atoms with van der Waals surface area (Å²) in [7, 11) is 1.65. The minimum absolute atomic E-state index is 0.0516. The minimum Gasteiger partial charge on any atom is -0.497 e. The normalized spacial score (nSPS) is 16.2. The molecule has 2 aliphatic rings. The average molecular weight is 539 g/mol. The van der Waals surface area contributed by atoms with Gasteiger partial charge in [-0.1, -0.05) is 25.8 Å². The lowest BCUT2D eigenvalue weighted by atomic mass is 9.95. The molecule has 2 aromatic rings. The Kier molecular flexibility index (Phi) is 9.09. The molecule has 1 aromatic heterocycles. The summed E-state index contributed by atoms with van der Waals surface area (Å²) in [5.41, 5.74) is 2.26. The van der Waals surface area contributed by atoms with Gasteiger partial charge >= 0.3 is 0 Å². The van der Waals surface area contributed by atoms with Gasteiger partial charge in [0.25, 0.3) is 11.8 Å². The van der Waals surface area contributed by atoms with E-state index >= 15 is 0 Å². The van der Waals surface area contributed by atoms with Gasteiger partial charge in [-0.25, -0.2) is 0 Å². The van der Waals surface area contributed by atoms with E-state index in [1.807, 2.05) is 43.0 Å². The quantitative estimate of drug-likeness (QED) is 0.540. The number of nitrogens with zero attached hydrogens (tertiary/aromatic N) is 3. The van der Waals surface area contributed by atoms with Crippen molar-refractivity contribution in [3.05, 3.63) is 57.9 Å². The molecule has 0 bridgehead atoms. The van der Waals surface area contributed by atoms with Crippen LogP contribution in [0.1, 0.15) is 62.6 Å². The maximum absolute atomic E-state index is 13.5. The zero-order valence-corrected chi connectivity index (χ0v) is 23.4. The van der Waals surface area contributed by atoms with E-state index in [2.05, 4.69) is 16.8 Å². The number of carbonyl (C=O) groups is 3. The standard InChI is InChI=1S/C29H38N4O4S/c1-5-31(19-25(34)30-22-9-7-6-8-10-22)28(35)26-20(2)27(38-21(26)3)29(36)33-17-15-32(16-18-33)23-11-13-24(37-4)14-12-23/h5,11-14,22H,1,6-10,15-19H2,2-4H3,(H,30,34). The number of piperazine rings is 1. The number of nitrogens with one attached hydrogen (secondary N) is 1. The maximum atomic E-state index is 13.5. The zero-order valence-electron chi connectivity index (χ0n) is 22.6. The Bertz CT molecular complexity index is 1160. The van der Waals surface area contributed by atoms with E-state index in [-0.39, 0.29) is 30.3 Å². The van der Waals surface area contributed by atoms with Gasteiger partial charge in [0.15, 0.2) is 0 Å². The molecule has 2 heterocycles. The molecule has 8 nitrogen and oxygen atoms in total. The van der Waals surface area contributed by atoms with Crippen molar-refractivity contribution in [2.75, 3.05) is 44.7 Å². The summed E-state index contributed by atoms with van der Waals surface area (Å²) in [6.45, 7) is 10.0. The number of amides is 3. The van der Waals surface area contributed by atoms with Gasteiger partial charge in [-0.05, 0) is 56.5 Å². The first-order valence-corrected chi connectivity index (χ1v) is 14.1. The van der Waals surface area contributed by atoms with Crippen molar-refractivity contribution >= 4 is 34.7 Å². The van der Waals surface area contributed by atoms with Gasteiger partial charge in [0, 0.05) is 49.0 Å². The molecule has 0 radical (unpaired) electrons. The Balaban J connectivity index is 1.39. The van der Waals surface area contributed by atoms with E-state index in [1.54, 1.807) is 7.11 Å². The van der Waals surface area contributed by atoms with Gasteiger partial charge in [0.2, 0.25) is 5.91 Å². The fourth-order valence-electron chi connectivity index (χ4n) is 5.32. The first-order chi connectivity index (χ1) is 18.3. The molecule has 1 saturated heterocycles. The number of anilines is 1. The second-order valence-electron chi connectivity index (χ2n) is 9.98. The maximum Gasteiger partial charge on any atom is 0.264 e. The van der Waals surface area contributed by atoms with Crippen molar-refractivity contribution in [1.29, 1.82) is 0 Å². The second-order valence-corrected chi connectivity index (χ2v) is 11.2. The molecule has 3 amide bonds. The highest BCUT2D eigenvalue weighted by molar-refractivity contribution is 7.14. The number of methoxy groups -OCH3 is 1. The van der Waals surface area contributed by atoms with Crippen molar-refractivity contribution < 1.29 is 19.1 Å². The highest BCUT2D eigenvalue weighted by Gasteiger charge is 2.30. The molecule has 1 aliphatic carbocycles. The van der Waals surface area contributed by atoms with Crippen LogP contribution >= 0.6 is 11.3 Å². The summed E-state index contributed by atoms with van der Waals surface area (Å²) in [6.07, 6.45) is 6.82. The molecule has 1 aliphatic heterocycles. The van der Waals surface area contributed by atoms with Crippen molar-refractivity contribution in [3.8, 4) is 5.75 Å². The van der Waals surface area contributed by atoms with Crippen LogP contribution < -0.4 is 15.0 Å². The molecule has 204 valence electrons. The molecule has 0 spiro atoms. The second kappa shape index (κ2) is 12.5. The predicted octanol–water partition coefficient (Wildman–Crippen LogP) is 4.37. The van der Waals surface area contributed by atoms with E-state index in [4.69, 9.17) is 4.74 Å². The highest BCUT2D eigenvalue weighted by Crippen LogP contribution is 2.31. The number of aryl methyl sites for hydroxylation is 1. The Hall–Kier alpha value is -3.33. The van der Waals surface area contributed by atoms with Crippen molar-refractivity contribution in [3.63, 3.8) is 0 Å². The van der Waals surface area contributed by atoms with Crippen molar-refractivity contribution in [2.24, 2.45) is 0 Å². The van der Waals surface area contributed by atoms with E-state index in [9.17, 15) is 14.4 Å². The third kappa shape index (κ3) is 6.20. The summed E-state index contributed by atoms with van der Waals surface area (Å²) in [5, 5.41) is 3.06. The van der Waals surface area contributed by atoms with Gasteiger partial charge < -0.3 is 24.8 Å². The number of ether oxygens (including phenoxy) is 1. The van der Waals surface area contributed by atoms with Crippen molar-refractivity contribution in [1.82, 2.24) is 15.1 Å². The van der Waals surface area contributed by atoms with Gasteiger partial charge in [-0.15, -0.1) is 11.3 Å². The SMILES string of the molecule is C=CN(CC(=O)NC1CCCCC1)C(=O)c1c(C)sc(C(=O)N2CCN(c3ccc(OC)cc3)CC2)c1C. The molecule has 4 rings (SSSR count). The number of carbonyl (C=O) groups excluding carboxylic acids is 3. The Morgan fingerprint density at radius 1 is 1.08 bits per heavy atom. The van der Waals surface area contributed by atoms with E-state index in [0.29, 0.717) is 29.1 Å². The van der Waals surface area contributed by atoms with Gasteiger partial charge in [0.1, 0.15) is 12.3 Å². The summed E-state index contributed by atoms with van der Waals surface area (Å²) in [4.78, 5) is 46.4. The molecule has 1 N–H and O–H groups in total. The molecule has 0 unspecified atom stereocenters. The average Bonchev–Trinajstić information content (AvgIpc) is 3.25. The fraction of sp³-hybridized carbons (Fsp3) is 0.483. The first-order valence-electron chi connectivity index (χ1n) is 13.3. The largest absolute Gasteiger partial charge is 0.497 e.